The highest BCUT2D eigenvalue weighted by Crippen LogP contribution is 2.19. The van der Waals surface area contributed by atoms with Gasteiger partial charge in [0.25, 0.3) is 0 Å². The van der Waals surface area contributed by atoms with Crippen molar-refractivity contribution in [2.45, 2.75) is 19.1 Å². The van der Waals surface area contributed by atoms with Crippen molar-refractivity contribution < 1.29 is 19.4 Å². The van der Waals surface area contributed by atoms with Crippen LogP contribution in [0.5, 0.6) is 0 Å². The van der Waals surface area contributed by atoms with Crippen LogP contribution in [0.15, 0.2) is 48.8 Å². The standard InChI is InChI=1S/C16H15ClN2O4/c17-13-6-12(8-18-9-13)14(7-15(20)21)19-16(22)23-10-11-4-2-1-3-5-11/h1-6,8-9,14H,7,10H2,(H,19,22)(H,20,21)/t14-/m0/s1. The van der Waals surface area contributed by atoms with Gasteiger partial charge in [-0.05, 0) is 17.2 Å². The lowest BCUT2D eigenvalue weighted by atomic mass is 10.1. The fourth-order valence-electron chi connectivity index (χ4n) is 1.95. The molecule has 120 valence electrons. The Morgan fingerprint density at radius 1 is 1.26 bits per heavy atom. The predicted molar refractivity (Wildman–Crippen MR) is 84.0 cm³/mol. The fraction of sp³-hybridized carbons (Fsp3) is 0.188. The average molecular weight is 335 g/mol. The first-order valence-electron chi connectivity index (χ1n) is 6.84. The molecule has 1 aromatic heterocycles. The second kappa shape index (κ2) is 8.14. The molecule has 6 nitrogen and oxygen atoms in total. The van der Waals surface area contributed by atoms with Crippen LogP contribution in [0.25, 0.3) is 0 Å². The van der Waals surface area contributed by atoms with Gasteiger partial charge < -0.3 is 15.2 Å². The Kier molecular flexibility index (Phi) is 5.94. The van der Waals surface area contributed by atoms with Crippen molar-refractivity contribution in [3.63, 3.8) is 0 Å². The van der Waals surface area contributed by atoms with Gasteiger partial charge in [0.1, 0.15) is 6.61 Å². The van der Waals surface area contributed by atoms with E-state index in [2.05, 4.69) is 10.3 Å². The summed E-state index contributed by atoms with van der Waals surface area (Å²) in [5.74, 6) is -1.06. The molecule has 1 heterocycles. The summed E-state index contributed by atoms with van der Waals surface area (Å²) >= 11 is 5.85. The molecule has 0 aliphatic carbocycles. The molecule has 1 aromatic carbocycles. The van der Waals surface area contributed by atoms with Gasteiger partial charge in [-0.15, -0.1) is 0 Å². The number of halogens is 1. The monoisotopic (exact) mass is 334 g/mol. The number of alkyl carbamates (subject to hydrolysis) is 1. The number of pyridine rings is 1. The van der Waals surface area contributed by atoms with Gasteiger partial charge in [0.15, 0.2) is 0 Å². The molecule has 2 rings (SSSR count). The molecule has 0 unspecified atom stereocenters. The summed E-state index contributed by atoms with van der Waals surface area (Å²) in [4.78, 5) is 26.8. The number of amides is 1. The van der Waals surface area contributed by atoms with Crippen LogP contribution in [0, 0.1) is 0 Å². The Labute approximate surface area is 138 Å². The van der Waals surface area contributed by atoms with Crippen molar-refractivity contribution in [1.82, 2.24) is 10.3 Å². The van der Waals surface area contributed by atoms with E-state index in [0.717, 1.165) is 5.56 Å². The minimum atomic E-state index is -1.06. The summed E-state index contributed by atoms with van der Waals surface area (Å²) in [5, 5.41) is 11.9. The Morgan fingerprint density at radius 2 is 2.00 bits per heavy atom. The number of hydrogen-bond donors (Lipinski definition) is 2. The van der Waals surface area contributed by atoms with Crippen molar-refractivity contribution in [2.75, 3.05) is 0 Å². The lowest BCUT2D eigenvalue weighted by Gasteiger charge is -2.17. The minimum Gasteiger partial charge on any atom is -0.481 e. The van der Waals surface area contributed by atoms with Crippen LogP contribution < -0.4 is 5.32 Å². The Bertz CT molecular complexity index is 679. The molecule has 0 bridgehead atoms. The Morgan fingerprint density at radius 3 is 2.65 bits per heavy atom. The number of nitrogens with zero attached hydrogens (tertiary/aromatic N) is 1. The lowest BCUT2D eigenvalue weighted by Crippen LogP contribution is -2.30. The minimum absolute atomic E-state index is 0.0975. The molecule has 2 N–H and O–H groups in total. The maximum Gasteiger partial charge on any atom is 0.407 e. The Hall–Kier alpha value is -2.60. The first-order chi connectivity index (χ1) is 11.0. The molecule has 0 fully saturated rings. The summed E-state index contributed by atoms with van der Waals surface area (Å²) in [6.45, 7) is 0.0975. The van der Waals surface area contributed by atoms with Crippen LogP contribution in [0.1, 0.15) is 23.6 Å². The topological polar surface area (TPSA) is 88.5 Å². The van der Waals surface area contributed by atoms with E-state index in [4.69, 9.17) is 21.4 Å². The third-order valence-corrected chi connectivity index (χ3v) is 3.22. The maximum atomic E-state index is 11.9. The zero-order chi connectivity index (χ0) is 16.7. The molecule has 0 radical (unpaired) electrons. The molecule has 7 heteroatoms. The van der Waals surface area contributed by atoms with Gasteiger partial charge in [-0.25, -0.2) is 4.79 Å². The molecule has 0 aliphatic rings. The van der Waals surface area contributed by atoms with Crippen molar-refractivity contribution >= 4 is 23.7 Å². The second-order valence-corrected chi connectivity index (χ2v) is 5.23. The number of aliphatic carboxylic acids is 1. The van der Waals surface area contributed by atoms with Crippen LogP contribution in [0.2, 0.25) is 5.02 Å². The predicted octanol–water partition coefficient (Wildman–Crippen LogP) is 3.18. The zero-order valence-electron chi connectivity index (χ0n) is 12.1. The van der Waals surface area contributed by atoms with Crippen molar-refractivity contribution in [1.29, 1.82) is 0 Å². The van der Waals surface area contributed by atoms with Gasteiger partial charge in [0, 0.05) is 12.4 Å². The summed E-state index contributed by atoms with van der Waals surface area (Å²) in [6, 6.07) is 9.95. The molecule has 23 heavy (non-hydrogen) atoms. The highest BCUT2D eigenvalue weighted by Gasteiger charge is 2.19. The van der Waals surface area contributed by atoms with Gasteiger partial charge in [-0.3, -0.25) is 9.78 Å². The van der Waals surface area contributed by atoms with Gasteiger partial charge >= 0.3 is 12.1 Å². The number of carboxylic acids is 1. The third-order valence-electron chi connectivity index (χ3n) is 3.01. The molecular formula is C16H15ClN2O4. The summed E-state index contributed by atoms with van der Waals surface area (Å²) in [5.41, 5.74) is 1.33. The van der Waals surface area contributed by atoms with Gasteiger partial charge in [-0.1, -0.05) is 41.9 Å². The molecule has 0 spiro atoms. The quantitative estimate of drug-likeness (QED) is 0.847. The summed E-state index contributed by atoms with van der Waals surface area (Å²) in [6.07, 6.45) is 1.87. The first-order valence-corrected chi connectivity index (χ1v) is 7.22. The van der Waals surface area contributed by atoms with Crippen LogP contribution in [0.3, 0.4) is 0 Å². The highest BCUT2D eigenvalue weighted by molar-refractivity contribution is 6.30. The number of carbonyl (C=O) groups excluding carboxylic acids is 1. The first kappa shape index (κ1) is 16.8. The third kappa shape index (κ3) is 5.60. The van der Waals surface area contributed by atoms with E-state index in [1.54, 1.807) is 6.07 Å². The van der Waals surface area contributed by atoms with E-state index in [9.17, 15) is 9.59 Å². The number of hydrogen-bond acceptors (Lipinski definition) is 4. The lowest BCUT2D eigenvalue weighted by molar-refractivity contribution is -0.137. The number of carboxylic acid groups (broad SMARTS) is 1. The number of rotatable bonds is 6. The van der Waals surface area contributed by atoms with E-state index in [1.807, 2.05) is 30.3 Å². The number of carbonyl (C=O) groups is 2. The van der Waals surface area contributed by atoms with Crippen LogP contribution in [-0.4, -0.2) is 22.2 Å². The maximum absolute atomic E-state index is 11.9. The van der Waals surface area contributed by atoms with E-state index in [-0.39, 0.29) is 13.0 Å². The fourth-order valence-corrected chi connectivity index (χ4v) is 2.14. The highest BCUT2D eigenvalue weighted by atomic mass is 35.5. The van der Waals surface area contributed by atoms with Crippen LogP contribution >= 0.6 is 11.6 Å². The zero-order valence-corrected chi connectivity index (χ0v) is 12.9. The van der Waals surface area contributed by atoms with Gasteiger partial charge in [0.05, 0.1) is 17.5 Å². The van der Waals surface area contributed by atoms with Gasteiger partial charge in [-0.2, -0.15) is 0 Å². The molecule has 0 aliphatic heterocycles. The second-order valence-electron chi connectivity index (χ2n) is 4.79. The molecule has 1 amide bonds. The number of aromatic nitrogens is 1. The number of nitrogens with one attached hydrogen (secondary N) is 1. The molecule has 0 saturated carbocycles. The van der Waals surface area contributed by atoms with Crippen molar-refractivity contribution in [3.8, 4) is 0 Å². The van der Waals surface area contributed by atoms with E-state index in [1.165, 1.54) is 12.4 Å². The molecule has 1 atom stereocenters. The number of benzene rings is 1. The van der Waals surface area contributed by atoms with E-state index in [0.29, 0.717) is 10.6 Å². The van der Waals surface area contributed by atoms with Crippen LogP contribution in [0.4, 0.5) is 4.79 Å². The van der Waals surface area contributed by atoms with Crippen LogP contribution in [-0.2, 0) is 16.1 Å². The van der Waals surface area contributed by atoms with Crippen molar-refractivity contribution in [3.05, 3.63) is 64.9 Å². The molecule has 2 aromatic rings. The number of ether oxygens (including phenoxy) is 1. The molecule has 0 saturated heterocycles. The summed E-state index contributed by atoms with van der Waals surface area (Å²) in [7, 11) is 0. The largest absolute Gasteiger partial charge is 0.481 e. The molecular weight excluding hydrogens is 320 g/mol. The average Bonchev–Trinajstić information content (AvgIpc) is 2.53. The normalized spacial score (nSPS) is 11.5. The SMILES string of the molecule is O=C(O)C[C@H](NC(=O)OCc1ccccc1)c1cncc(Cl)c1. The smallest absolute Gasteiger partial charge is 0.407 e. The Balaban J connectivity index is 1.99. The van der Waals surface area contributed by atoms with Gasteiger partial charge in [0.2, 0.25) is 0 Å². The summed E-state index contributed by atoms with van der Waals surface area (Å²) < 4.78 is 5.10. The van der Waals surface area contributed by atoms with E-state index < -0.39 is 18.1 Å². The van der Waals surface area contributed by atoms with Crippen molar-refractivity contribution in [2.24, 2.45) is 0 Å². The van der Waals surface area contributed by atoms with E-state index >= 15 is 0 Å².